The van der Waals surface area contributed by atoms with Crippen LogP contribution in [0.1, 0.15) is 52.3 Å². The predicted octanol–water partition coefficient (Wildman–Crippen LogP) is -0.159. The molecule has 1 aliphatic heterocycles. The van der Waals surface area contributed by atoms with Gasteiger partial charge < -0.3 is 15.8 Å². The number of hydrogen-bond acceptors (Lipinski definition) is 7. The molecule has 2 atom stereocenters. The van der Waals surface area contributed by atoms with Gasteiger partial charge >= 0.3 is 0 Å². The van der Waals surface area contributed by atoms with Crippen LogP contribution in [0.4, 0.5) is 0 Å². The summed E-state index contributed by atoms with van der Waals surface area (Å²) in [6.07, 6.45) is 5.00. The molecule has 0 aromatic carbocycles. The predicted molar refractivity (Wildman–Crippen MR) is 119 cm³/mol. The largest absolute Gasteiger partial charge is 0.494 e. The van der Waals surface area contributed by atoms with Crippen molar-refractivity contribution in [3.8, 4) is 0 Å². The van der Waals surface area contributed by atoms with Crippen LogP contribution < -0.4 is 37.9 Å². The van der Waals surface area contributed by atoms with Gasteiger partial charge in [0.2, 0.25) is 5.88 Å². The maximum absolute atomic E-state index is 13.3. The second kappa shape index (κ2) is 7.88. The van der Waals surface area contributed by atoms with Crippen LogP contribution in [-0.2, 0) is 6.54 Å². The van der Waals surface area contributed by atoms with Crippen molar-refractivity contribution in [1.82, 2.24) is 24.9 Å². The van der Waals surface area contributed by atoms with Gasteiger partial charge in [-0.15, -0.1) is 0 Å². The number of nitrogens with zero attached hydrogens (tertiary/aromatic N) is 3. The van der Waals surface area contributed by atoms with Gasteiger partial charge in [-0.1, -0.05) is 26.8 Å². The van der Waals surface area contributed by atoms with E-state index in [9.17, 15) is 14.7 Å². The summed E-state index contributed by atoms with van der Waals surface area (Å²) in [7, 11) is 0. The van der Waals surface area contributed by atoms with E-state index < -0.39 is 11.1 Å². The first kappa shape index (κ1) is 21.2. The van der Waals surface area contributed by atoms with Crippen molar-refractivity contribution in [2.45, 2.75) is 65.3 Å². The lowest BCUT2D eigenvalue weighted by atomic mass is 9.97. The van der Waals surface area contributed by atoms with Crippen molar-refractivity contribution in [2.24, 2.45) is 5.41 Å². The van der Waals surface area contributed by atoms with Crippen LogP contribution >= 0.6 is 0 Å². The first-order valence-electron chi connectivity index (χ1n) is 10.6. The highest BCUT2D eigenvalue weighted by atomic mass is 16.3. The van der Waals surface area contributed by atoms with Crippen molar-refractivity contribution < 1.29 is 5.11 Å². The molecule has 2 aliphatic rings. The Hall–Kier alpha value is -3.07. The van der Waals surface area contributed by atoms with Gasteiger partial charge in [0.1, 0.15) is 11.6 Å². The van der Waals surface area contributed by atoms with E-state index in [1.54, 1.807) is 10.8 Å². The first-order valence-corrected chi connectivity index (χ1v) is 10.6. The number of aliphatic hydroxyl groups is 1. The van der Waals surface area contributed by atoms with Crippen molar-refractivity contribution in [1.29, 1.82) is 0 Å². The fraction of sp³-hybridized carbons (Fsp3) is 0.500. The molecule has 3 heterocycles. The van der Waals surface area contributed by atoms with Gasteiger partial charge in [-0.25, -0.2) is 4.68 Å². The molecule has 31 heavy (non-hydrogen) atoms. The fourth-order valence-corrected chi connectivity index (χ4v) is 3.68. The minimum atomic E-state index is -0.568. The monoisotopic (exact) mass is 426 g/mol. The molecule has 9 nitrogen and oxygen atoms in total. The number of pyridine rings is 1. The van der Waals surface area contributed by atoms with Gasteiger partial charge in [0.25, 0.3) is 11.1 Å². The summed E-state index contributed by atoms with van der Waals surface area (Å²) >= 11 is 0. The zero-order valence-electron chi connectivity index (χ0n) is 18.3. The summed E-state index contributed by atoms with van der Waals surface area (Å²) in [6, 6.07) is 5.73. The van der Waals surface area contributed by atoms with Crippen LogP contribution in [0.2, 0.25) is 0 Å². The van der Waals surface area contributed by atoms with E-state index in [2.05, 4.69) is 21.0 Å². The summed E-state index contributed by atoms with van der Waals surface area (Å²) in [5, 5.41) is 16.5. The van der Waals surface area contributed by atoms with Gasteiger partial charge in [-0.2, -0.15) is 0 Å². The number of aromatic nitrogens is 3. The highest BCUT2D eigenvalue weighted by Crippen LogP contribution is 2.19. The Bertz CT molecular complexity index is 1210. The Kier molecular flexibility index (Phi) is 5.38. The van der Waals surface area contributed by atoms with E-state index in [1.807, 2.05) is 52.0 Å². The normalized spacial score (nSPS) is 19.8. The molecule has 2 aromatic heterocycles. The van der Waals surface area contributed by atoms with E-state index in [1.165, 1.54) is 4.68 Å². The Morgan fingerprint density at radius 1 is 1.29 bits per heavy atom. The molecule has 1 aliphatic carbocycles. The van der Waals surface area contributed by atoms with Gasteiger partial charge in [0.05, 0.1) is 5.69 Å². The topological polar surface area (TPSA) is 113 Å². The highest BCUT2D eigenvalue weighted by Gasteiger charge is 2.27. The highest BCUT2D eigenvalue weighted by molar-refractivity contribution is 5.36. The Morgan fingerprint density at radius 2 is 2.03 bits per heavy atom. The van der Waals surface area contributed by atoms with E-state index in [0.29, 0.717) is 12.0 Å². The average molecular weight is 427 g/mol. The zero-order chi connectivity index (χ0) is 22.3. The third-order valence-corrected chi connectivity index (χ3v) is 5.31. The number of rotatable bonds is 6. The molecule has 1 fully saturated rings. The molecule has 0 saturated heterocycles. The molecule has 0 spiro atoms. The first-order chi connectivity index (χ1) is 14.6. The molecule has 166 valence electrons. The third-order valence-electron chi connectivity index (χ3n) is 5.31. The molecule has 4 rings (SSSR count). The van der Waals surface area contributed by atoms with Crippen LogP contribution in [0.3, 0.4) is 0 Å². The average Bonchev–Trinajstić information content (AvgIpc) is 3.41. The molecule has 0 radical (unpaired) electrons. The number of aliphatic hydroxyl groups excluding tert-OH is 1. The Labute approximate surface area is 180 Å². The Morgan fingerprint density at radius 3 is 2.65 bits per heavy atom. The second-order valence-electron chi connectivity index (χ2n) is 9.51. The molecule has 1 saturated carbocycles. The number of hydrogen-bond donors (Lipinski definition) is 4. The summed E-state index contributed by atoms with van der Waals surface area (Å²) in [5.41, 5.74) is 3.19. The third kappa shape index (κ3) is 4.51. The zero-order valence-corrected chi connectivity index (χ0v) is 18.3. The molecule has 9 heteroatoms. The summed E-state index contributed by atoms with van der Waals surface area (Å²) in [5.74, 6) is -0.351. The summed E-state index contributed by atoms with van der Waals surface area (Å²) < 4.78 is 2.90. The van der Waals surface area contributed by atoms with E-state index in [0.717, 1.165) is 18.5 Å². The lowest BCUT2D eigenvalue weighted by Crippen LogP contribution is -2.61. The minimum Gasteiger partial charge on any atom is -0.494 e. The molecule has 4 N–H and O–H groups in total. The van der Waals surface area contributed by atoms with Crippen molar-refractivity contribution in [3.63, 3.8) is 0 Å². The lowest BCUT2D eigenvalue weighted by Gasteiger charge is -2.21. The number of fused-ring (bicyclic) bond motifs is 1. The SMILES string of the molecule is CC(NC1C=c2n(CC(C)(C)C)c(=O)c(=C(O)NC3CC3)c(=O)n2N1)c1ccccn1. The molecular weight excluding hydrogens is 396 g/mol. The molecular formula is C22H30N6O3. The van der Waals surface area contributed by atoms with Gasteiger partial charge in [-0.3, -0.25) is 24.5 Å². The smallest absolute Gasteiger partial charge is 0.289 e. The van der Waals surface area contributed by atoms with E-state index >= 15 is 0 Å². The quantitative estimate of drug-likeness (QED) is 0.508. The van der Waals surface area contributed by atoms with Gasteiger partial charge in [0.15, 0.2) is 5.22 Å². The van der Waals surface area contributed by atoms with Crippen LogP contribution in [0.5, 0.6) is 0 Å². The summed E-state index contributed by atoms with van der Waals surface area (Å²) in [4.78, 5) is 30.8. The van der Waals surface area contributed by atoms with Crippen LogP contribution in [0.25, 0.3) is 12.0 Å². The molecule has 0 bridgehead atoms. The van der Waals surface area contributed by atoms with Gasteiger partial charge in [-0.05, 0) is 43.4 Å². The van der Waals surface area contributed by atoms with E-state index in [4.69, 9.17) is 0 Å². The minimum absolute atomic E-state index is 0.0845. The second-order valence-corrected chi connectivity index (χ2v) is 9.51. The number of nitrogens with one attached hydrogen (secondary N) is 3. The lowest BCUT2D eigenvalue weighted by molar-refractivity contribution is 0.326. The maximum atomic E-state index is 13.3. The van der Waals surface area contributed by atoms with E-state index in [-0.39, 0.29) is 34.8 Å². The standard InChI is InChI=1S/C22H30N6O3/c1-13(15-7-5-6-10-23-15)24-16-11-17-27(12-22(2,3)4)20(30)18(21(31)28(17)26-16)19(29)25-14-8-9-14/h5-7,10-11,13-14,16,24-26,29H,8-9,12H2,1-4H3. The van der Waals surface area contributed by atoms with Crippen LogP contribution in [0, 0.1) is 5.41 Å². The van der Waals surface area contributed by atoms with Crippen molar-refractivity contribution in [2.75, 3.05) is 5.43 Å². The van der Waals surface area contributed by atoms with Crippen molar-refractivity contribution in [3.05, 3.63) is 61.5 Å². The molecule has 0 amide bonds. The van der Waals surface area contributed by atoms with Gasteiger partial charge in [0, 0.05) is 24.8 Å². The maximum Gasteiger partial charge on any atom is 0.289 e. The van der Waals surface area contributed by atoms with Crippen molar-refractivity contribution >= 4 is 12.0 Å². The van der Waals surface area contributed by atoms with Crippen LogP contribution in [-0.4, -0.2) is 31.5 Å². The van der Waals surface area contributed by atoms with Crippen LogP contribution in [0.15, 0.2) is 34.0 Å². The summed E-state index contributed by atoms with van der Waals surface area (Å²) in [6.45, 7) is 8.44. The molecule has 2 aromatic rings. The fourth-order valence-electron chi connectivity index (χ4n) is 3.68. The Balaban J connectivity index is 1.78. The molecule has 2 unspecified atom stereocenters.